The molecule has 6 aromatic rings. The molecule has 0 aliphatic carbocycles. The molecular formula is C43H47N11O9. The van der Waals surface area contributed by atoms with Crippen molar-refractivity contribution in [1.82, 2.24) is 43.6 Å². The molecule has 2 amide bonds. The first-order valence-electron chi connectivity index (χ1n) is 20.9. The van der Waals surface area contributed by atoms with E-state index in [-0.39, 0.29) is 83.9 Å². The van der Waals surface area contributed by atoms with Crippen LogP contribution in [0.15, 0.2) is 48.6 Å². The molecule has 2 fully saturated rings. The van der Waals surface area contributed by atoms with E-state index in [0.717, 1.165) is 12.8 Å². The molecule has 9 rings (SSSR count). The predicted molar refractivity (Wildman–Crippen MR) is 228 cm³/mol. The van der Waals surface area contributed by atoms with E-state index in [1.165, 1.54) is 24.3 Å². The van der Waals surface area contributed by atoms with E-state index in [4.69, 9.17) is 24.2 Å². The Morgan fingerprint density at radius 2 is 1.10 bits per heavy atom. The molecule has 0 radical (unpaired) electrons. The Morgan fingerprint density at radius 1 is 0.651 bits per heavy atom. The number of imidazole rings is 2. The molecule has 2 aromatic carbocycles. The highest BCUT2D eigenvalue weighted by Gasteiger charge is 2.42. The van der Waals surface area contributed by atoms with Crippen LogP contribution in [0.3, 0.4) is 0 Å². The molecule has 2 unspecified atom stereocenters. The summed E-state index contributed by atoms with van der Waals surface area (Å²) in [5.74, 6) is -2.51. The standard InChI is InChI=1S/C43H47N11O9/c1-5-52-32(13-23(3)48-52)38(55)46-42-44-30-15-25(40(57)58)17-34-36(30)50(42)11-7-8-12-51-37-31(45-43(51)47-39(56)33-14-24(4)49-53(33)6-2)16-26(41(59)60)18-35(37)63-22-29(21-62-34)54-27-9-10-28(54)20-61-19-27/h7-8,13-18,27-29H,5-6,9-12,19-22H2,1-4H3,(H,57,58)(H,59,60)(H,44,46,55)(H,45,47,56)/b8-7+. The first-order valence-corrected chi connectivity index (χ1v) is 20.9. The number of morpholine rings is 1. The third-order valence-corrected chi connectivity index (χ3v) is 11.8. The van der Waals surface area contributed by atoms with Crippen molar-refractivity contribution in [3.63, 3.8) is 0 Å². The van der Waals surface area contributed by atoms with Gasteiger partial charge in [0.15, 0.2) is 0 Å². The van der Waals surface area contributed by atoms with E-state index in [1.54, 1.807) is 44.5 Å². The number of nitrogens with one attached hydrogen (secondary N) is 2. The Balaban J connectivity index is 1.19. The Labute approximate surface area is 360 Å². The summed E-state index contributed by atoms with van der Waals surface area (Å²) in [6.07, 6.45) is 5.45. The number of allylic oxidation sites excluding steroid dienone is 2. The summed E-state index contributed by atoms with van der Waals surface area (Å²) in [4.78, 5) is 64.6. The number of benzene rings is 2. The molecular weight excluding hydrogens is 815 g/mol. The first kappa shape index (κ1) is 41.3. The minimum Gasteiger partial charge on any atom is -0.490 e. The van der Waals surface area contributed by atoms with Gasteiger partial charge in [0.1, 0.15) is 47.1 Å². The summed E-state index contributed by atoms with van der Waals surface area (Å²) in [5.41, 5.74) is 3.36. The average molecular weight is 862 g/mol. The van der Waals surface area contributed by atoms with E-state index in [9.17, 15) is 29.4 Å². The number of hydrogen-bond donors (Lipinski definition) is 4. The largest absolute Gasteiger partial charge is 0.490 e. The van der Waals surface area contributed by atoms with Crippen LogP contribution < -0.4 is 20.1 Å². The molecule has 0 saturated carbocycles. The SMILES string of the molecule is CCn1nc(C)cc1C(=O)Nc1nc2cc(C(=O)O)cc3c2n1C/C=C/Cn1c(NC(=O)c2cc(C)nn2CC)nc2cc(C(=O)O)cc(c21)OCC(N1C2CCC1COC2)CO3. The van der Waals surface area contributed by atoms with Crippen molar-refractivity contribution in [3.05, 3.63) is 82.5 Å². The zero-order valence-corrected chi connectivity index (χ0v) is 35.2. The van der Waals surface area contributed by atoms with Crippen molar-refractivity contribution in [2.24, 2.45) is 0 Å². The van der Waals surface area contributed by atoms with Crippen LogP contribution in [0.25, 0.3) is 22.1 Å². The summed E-state index contributed by atoms with van der Waals surface area (Å²) < 4.78 is 26.0. The number of aromatic carboxylic acids is 2. The van der Waals surface area contributed by atoms with Crippen LogP contribution in [0.5, 0.6) is 11.5 Å². The number of hydrogen-bond acceptors (Lipinski definition) is 12. The highest BCUT2D eigenvalue weighted by Crippen LogP contribution is 2.36. The molecule has 0 spiro atoms. The zero-order chi connectivity index (χ0) is 44.1. The van der Waals surface area contributed by atoms with Crippen molar-refractivity contribution in [3.8, 4) is 11.5 Å². The van der Waals surface area contributed by atoms with Gasteiger partial charge in [0, 0.05) is 38.3 Å². The highest BCUT2D eigenvalue weighted by atomic mass is 16.5. The zero-order valence-electron chi connectivity index (χ0n) is 35.2. The Morgan fingerprint density at radius 3 is 1.51 bits per heavy atom. The maximum atomic E-state index is 13.9. The minimum atomic E-state index is -1.18. The fraction of sp³-hybridized carbons (Fsp3) is 0.395. The van der Waals surface area contributed by atoms with Crippen molar-refractivity contribution in [2.45, 2.75) is 84.8 Å². The normalized spacial score (nSPS) is 18.7. The molecule has 7 heterocycles. The fourth-order valence-corrected chi connectivity index (χ4v) is 8.95. The number of carboxylic acids is 2. The summed E-state index contributed by atoms with van der Waals surface area (Å²) in [6.45, 7) is 9.63. The second kappa shape index (κ2) is 16.7. The monoisotopic (exact) mass is 861 g/mol. The quantitative estimate of drug-likeness (QED) is 0.146. The number of carbonyl (C=O) groups excluding carboxylic acids is 2. The van der Waals surface area contributed by atoms with Gasteiger partial charge in [0.25, 0.3) is 11.8 Å². The lowest BCUT2D eigenvalue weighted by atomic mass is 10.1. The predicted octanol–water partition coefficient (Wildman–Crippen LogP) is 4.60. The van der Waals surface area contributed by atoms with Gasteiger partial charge in [0.2, 0.25) is 11.9 Å². The van der Waals surface area contributed by atoms with E-state index in [1.807, 2.05) is 26.0 Å². The number of amides is 2. The van der Waals surface area contributed by atoms with Crippen LogP contribution in [-0.2, 0) is 30.9 Å². The molecule has 2 atom stereocenters. The molecule has 3 aliphatic heterocycles. The van der Waals surface area contributed by atoms with Gasteiger partial charge < -0.3 is 33.6 Å². The topological polar surface area (TPSA) is 235 Å². The second-order valence-electron chi connectivity index (χ2n) is 15.9. The number of carbonyl (C=O) groups is 4. The van der Waals surface area contributed by atoms with Crippen molar-refractivity contribution in [2.75, 3.05) is 37.1 Å². The smallest absolute Gasteiger partial charge is 0.335 e. The fourth-order valence-electron chi connectivity index (χ4n) is 8.95. The van der Waals surface area contributed by atoms with Crippen LogP contribution in [0.1, 0.15) is 79.8 Å². The van der Waals surface area contributed by atoms with Crippen LogP contribution in [0, 0.1) is 13.8 Å². The number of aromatic nitrogens is 8. The molecule has 4 N–H and O–H groups in total. The van der Waals surface area contributed by atoms with Gasteiger partial charge in [-0.2, -0.15) is 10.2 Å². The van der Waals surface area contributed by atoms with Gasteiger partial charge in [-0.15, -0.1) is 0 Å². The van der Waals surface area contributed by atoms with E-state index in [0.29, 0.717) is 60.1 Å². The third-order valence-electron chi connectivity index (χ3n) is 11.8. The average Bonchev–Trinajstić information content (AvgIpc) is 4.06. The number of fused-ring (bicyclic) bond motifs is 2. The Kier molecular flexibility index (Phi) is 10.9. The third kappa shape index (κ3) is 7.75. The maximum absolute atomic E-state index is 13.9. The molecule has 4 aromatic heterocycles. The van der Waals surface area contributed by atoms with Crippen LogP contribution in [0.2, 0.25) is 0 Å². The van der Waals surface area contributed by atoms with Gasteiger partial charge in [-0.05, 0) is 76.9 Å². The van der Waals surface area contributed by atoms with Gasteiger partial charge in [0.05, 0.1) is 52.8 Å². The summed E-state index contributed by atoms with van der Waals surface area (Å²) in [7, 11) is 0. The van der Waals surface area contributed by atoms with E-state index in [2.05, 4.69) is 25.7 Å². The number of carboxylic acid groups (broad SMARTS) is 2. The van der Waals surface area contributed by atoms with Crippen LogP contribution in [0.4, 0.5) is 11.9 Å². The lowest BCUT2D eigenvalue weighted by molar-refractivity contribution is -0.0534. The Bertz CT molecular complexity index is 2640. The van der Waals surface area contributed by atoms with Gasteiger partial charge in [-0.1, -0.05) is 12.2 Å². The van der Waals surface area contributed by atoms with E-state index < -0.39 is 29.8 Å². The lowest BCUT2D eigenvalue weighted by Crippen LogP contribution is -2.55. The summed E-state index contributed by atoms with van der Waals surface area (Å²) in [6, 6.07) is 8.85. The van der Waals surface area contributed by atoms with Gasteiger partial charge in [-0.25, -0.2) is 19.6 Å². The first-order chi connectivity index (χ1) is 30.4. The lowest BCUT2D eigenvalue weighted by Gasteiger charge is -2.40. The van der Waals surface area contributed by atoms with Crippen molar-refractivity contribution in [1.29, 1.82) is 0 Å². The highest BCUT2D eigenvalue weighted by molar-refractivity contribution is 6.05. The summed E-state index contributed by atoms with van der Waals surface area (Å²) >= 11 is 0. The summed E-state index contributed by atoms with van der Waals surface area (Å²) in [5, 5.41) is 35.2. The van der Waals surface area contributed by atoms with Crippen LogP contribution >= 0.6 is 0 Å². The number of rotatable bonds is 9. The number of aryl methyl sites for hydroxylation is 4. The Hall–Kier alpha value is -7.06. The van der Waals surface area contributed by atoms with Crippen LogP contribution in [-0.4, -0.2) is 122 Å². The molecule has 2 saturated heterocycles. The van der Waals surface area contributed by atoms with Crippen molar-refractivity contribution < 1.29 is 43.6 Å². The van der Waals surface area contributed by atoms with Gasteiger partial charge >= 0.3 is 11.9 Å². The number of ether oxygens (including phenoxy) is 3. The molecule has 63 heavy (non-hydrogen) atoms. The number of nitrogens with zero attached hydrogens (tertiary/aromatic N) is 9. The molecule has 20 heteroatoms. The molecule has 3 aliphatic rings. The van der Waals surface area contributed by atoms with Gasteiger partial charge in [-0.3, -0.25) is 34.5 Å². The number of anilines is 2. The molecule has 20 nitrogen and oxygen atoms in total. The van der Waals surface area contributed by atoms with E-state index >= 15 is 0 Å². The minimum absolute atomic E-state index is 0.0374. The maximum Gasteiger partial charge on any atom is 0.335 e. The second-order valence-corrected chi connectivity index (χ2v) is 15.9. The molecule has 2 bridgehead atoms. The van der Waals surface area contributed by atoms with Crippen molar-refractivity contribution >= 4 is 57.7 Å². The molecule has 328 valence electrons.